The first-order valence-corrected chi connectivity index (χ1v) is 6.29. The maximum atomic E-state index is 10.5. The molecule has 0 amide bonds. The highest BCUT2D eigenvalue weighted by molar-refractivity contribution is 9.10. The minimum absolute atomic E-state index is 0.671. The highest BCUT2D eigenvalue weighted by Gasteiger charge is 2.04. The van der Waals surface area contributed by atoms with Crippen molar-refractivity contribution in [2.45, 2.75) is 6.92 Å². The largest absolute Gasteiger partial charge is 0.446 e. The van der Waals surface area contributed by atoms with Gasteiger partial charge in [-0.3, -0.25) is 4.79 Å². The van der Waals surface area contributed by atoms with Gasteiger partial charge in [0.25, 0.3) is 0 Å². The Bertz CT molecular complexity index is 519. The summed E-state index contributed by atoms with van der Waals surface area (Å²) in [6, 6.07) is 9.37. The van der Waals surface area contributed by atoms with Crippen LogP contribution in [0.4, 0.5) is 0 Å². The third-order valence-electron chi connectivity index (χ3n) is 2.07. The van der Waals surface area contributed by atoms with E-state index < -0.39 is 0 Å². The summed E-state index contributed by atoms with van der Waals surface area (Å²) < 4.78 is 6.71. The maximum absolute atomic E-state index is 10.5. The highest BCUT2D eigenvalue weighted by atomic mass is 79.9. The Morgan fingerprint density at radius 2 is 2.12 bits per heavy atom. The van der Waals surface area contributed by atoms with Crippen molar-refractivity contribution < 1.29 is 9.53 Å². The van der Waals surface area contributed by atoms with Crippen LogP contribution in [0.2, 0.25) is 0 Å². The van der Waals surface area contributed by atoms with Gasteiger partial charge in [-0.05, 0) is 42.8 Å². The van der Waals surface area contributed by atoms with Gasteiger partial charge in [-0.15, -0.1) is 0 Å². The lowest BCUT2D eigenvalue weighted by Crippen LogP contribution is -1.84. The first kappa shape index (κ1) is 11.4. The molecular formula is C12H9BrO2S. The van der Waals surface area contributed by atoms with E-state index in [1.54, 1.807) is 12.1 Å². The zero-order chi connectivity index (χ0) is 11.5. The van der Waals surface area contributed by atoms with Gasteiger partial charge in [0.2, 0.25) is 0 Å². The third kappa shape index (κ3) is 2.51. The van der Waals surface area contributed by atoms with Crippen LogP contribution in [0.3, 0.4) is 0 Å². The molecule has 1 aromatic heterocycles. The van der Waals surface area contributed by atoms with Crippen molar-refractivity contribution in [3.05, 3.63) is 45.2 Å². The zero-order valence-electron chi connectivity index (χ0n) is 8.57. The number of aryl methyl sites for hydroxylation is 1. The average molecular weight is 297 g/mol. The first-order chi connectivity index (χ1) is 7.69. The highest BCUT2D eigenvalue weighted by Crippen LogP contribution is 2.31. The molecule has 0 saturated heterocycles. The summed E-state index contributed by atoms with van der Waals surface area (Å²) in [4.78, 5) is 11.2. The smallest absolute Gasteiger partial charge is 0.181 e. The fourth-order valence-electron chi connectivity index (χ4n) is 1.29. The van der Waals surface area contributed by atoms with E-state index in [-0.39, 0.29) is 0 Å². The van der Waals surface area contributed by atoms with Crippen molar-refractivity contribution in [1.29, 1.82) is 0 Å². The average Bonchev–Trinajstić information content (AvgIpc) is 2.70. The molecular weight excluding hydrogens is 288 g/mol. The molecule has 0 aliphatic carbocycles. The summed E-state index contributed by atoms with van der Waals surface area (Å²) in [6.07, 6.45) is 0.825. The van der Waals surface area contributed by atoms with Crippen molar-refractivity contribution >= 4 is 33.6 Å². The van der Waals surface area contributed by atoms with Crippen LogP contribution >= 0.6 is 27.3 Å². The molecule has 2 aromatic rings. The lowest BCUT2D eigenvalue weighted by Gasteiger charge is -2.06. The second kappa shape index (κ2) is 4.80. The van der Waals surface area contributed by atoms with E-state index in [9.17, 15) is 4.79 Å². The summed E-state index contributed by atoms with van der Waals surface area (Å²) in [5.74, 6) is 0.808. The van der Waals surface area contributed by atoms with E-state index in [4.69, 9.17) is 4.74 Å². The predicted octanol–water partition coefficient (Wildman–Crippen LogP) is 4.42. The summed E-state index contributed by atoms with van der Waals surface area (Å²) in [5.41, 5.74) is 1.05. The molecule has 0 unspecified atom stereocenters. The van der Waals surface area contributed by atoms with E-state index in [0.717, 1.165) is 27.1 Å². The van der Waals surface area contributed by atoms with Crippen molar-refractivity contribution in [2.75, 3.05) is 0 Å². The fraction of sp³-hybridized carbons (Fsp3) is 0.0833. The van der Waals surface area contributed by atoms with Crippen LogP contribution in [0.1, 0.15) is 15.2 Å². The fourth-order valence-corrected chi connectivity index (χ4v) is 2.45. The number of carbonyl (C=O) groups excluding carboxylic acids is 1. The van der Waals surface area contributed by atoms with Crippen LogP contribution in [0.25, 0.3) is 0 Å². The molecule has 0 N–H and O–H groups in total. The van der Waals surface area contributed by atoms with Crippen molar-refractivity contribution in [1.82, 2.24) is 0 Å². The van der Waals surface area contributed by atoms with Crippen LogP contribution in [-0.2, 0) is 0 Å². The molecule has 2 nitrogen and oxygen atoms in total. The number of hydrogen-bond donors (Lipinski definition) is 0. The second-order valence-corrected chi connectivity index (χ2v) is 5.28. The molecule has 0 atom stereocenters. The maximum Gasteiger partial charge on any atom is 0.181 e. The number of thiophene rings is 1. The van der Waals surface area contributed by atoms with Crippen LogP contribution < -0.4 is 4.74 Å². The summed E-state index contributed by atoms with van der Waals surface area (Å²) in [7, 11) is 0. The number of halogens is 1. The molecule has 82 valence electrons. The van der Waals surface area contributed by atoms with Gasteiger partial charge in [0.05, 0.1) is 4.88 Å². The number of carbonyl (C=O) groups is 1. The standard InChI is InChI=1S/C12H9BrO2S/c1-8-6-9(13)2-4-11(8)15-12-5-3-10(7-14)16-12/h2-7H,1H3. The Morgan fingerprint density at radius 1 is 1.31 bits per heavy atom. The van der Waals surface area contributed by atoms with Gasteiger partial charge in [0.15, 0.2) is 11.3 Å². The summed E-state index contributed by atoms with van der Waals surface area (Å²) in [6.45, 7) is 1.98. The molecule has 0 spiro atoms. The van der Waals surface area contributed by atoms with Crippen LogP contribution in [0.5, 0.6) is 10.8 Å². The van der Waals surface area contributed by atoms with Gasteiger partial charge in [-0.1, -0.05) is 27.3 Å². The topological polar surface area (TPSA) is 26.3 Å². The van der Waals surface area contributed by atoms with Gasteiger partial charge in [0, 0.05) is 4.47 Å². The summed E-state index contributed by atoms with van der Waals surface area (Å²) in [5, 5.41) is 0.729. The molecule has 0 aliphatic heterocycles. The molecule has 2 rings (SSSR count). The van der Waals surface area contributed by atoms with Gasteiger partial charge in [-0.25, -0.2) is 0 Å². The molecule has 1 heterocycles. The lowest BCUT2D eigenvalue weighted by atomic mass is 10.2. The van der Waals surface area contributed by atoms with Gasteiger partial charge < -0.3 is 4.74 Å². The van der Waals surface area contributed by atoms with E-state index in [2.05, 4.69) is 15.9 Å². The van der Waals surface area contributed by atoms with E-state index >= 15 is 0 Å². The Morgan fingerprint density at radius 3 is 2.75 bits per heavy atom. The van der Waals surface area contributed by atoms with E-state index in [0.29, 0.717) is 4.88 Å². The zero-order valence-corrected chi connectivity index (χ0v) is 11.0. The molecule has 0 radical (unpaired) electrons. The number of ether oxygens (including phenoxy) is 1. The Kier molecular flexibility index (Phi) is 3.41. The second-order valence-electron chi connectivity index (χ2n) is 3.29. The van der Waals surface area contributed by atoms with Crippen molar-refractivity contribution in [3.63, 3.8) is 0 Å². The Hall–Kier alpha value is -1.13. The minimum atomic E-state index is 0.671. The molecule has 1 aromatic carbocycles. The van der Waals surface area contributed by atoms with Gasteiger partial charge in [0.1, 0.15) is 5.75 Å². The third-order valence-corrected chi connectivity index (χ3v) is 3.45. The number of benzene rings is 1. The predicted molar refractivity (Wildman–Crippen MR) is 68.7 cm³/mol. The van der Waals surface area contributed by atoms with E-state index in [1.807, 2.05) is 25.1 Å². The van der Waals surface area contributed by atoms with E-state index in [1.165, 1.54) is 11.3 Å². The molecule has 0 bridgehead atoms. The lowest BCUT2D eigenvalue weighted by molar-refractivity contribution is 0.112. The SMILES string of the molecule is Cc1cc(Br)ccc1Oc1ccc(C=O)s1. The first-order valence-electron chi connectivity index (χ1n) is 4.68. The van der Waals surface area contributed by atoms with Crippen LogP contribution in [0, 0.1) is 6.92 Å². The summed E-state index contributed by atoms with van der Waals surface area (Å²) >= 11 is 4.74. The molecule has 0 aliphatic rings. The van der Waals surface area contributed by atoms with Crippen molar-refractivity contribution in [2.24, 2.45) is 0 Å². The molecule has 0 fully saturated rings. The number of hydrogen-bond acceptors (Lipinski definition) is 3. The molecule has 0 saturated carbocycles. The van der Waals surface area contributed by atoms with Crippen molar-refractivity contribution in [3.8, 4) is 10.8 Å². The Labute approximate surface area is 106 Å². The quantitative estimate of drug-likeness (QED) is 0.784. The minimum Gasteiger partial charge on any atom is -0.446 e. The number of aldehydes is 1. The van der Waals surface area contributed by atoms with Crippen LogP contribution in [-0.4, -0.2) is 6.29 Å². The monoisotopic (exact) mass is 296 g/mol. The normalized spacial score (nSPS) is 10.1. The van der Waals surface area contributed by atoms with Gasteiger partial charge in [-0.2, -0.15) is 0 Å². The molecule has 4 heteroatoms. The number of rotatable bonds is 3. The Balaban J connectivity index is 2.23. The van der Waals surface area contributed by atoms with Gasteiger partial charge >= 0.3 is 0 Å². The molecule has 16 heavy (non-hydrogen) atoms. The van der Waals surface area contributed by atoms with Crippen LogP contribution in [0.15, 0.2) is 34.8 Å².